The van der Waals surface area contributed by atoms with Crippen LogP contribution in [0.5, 0.6) is 5.75 Å². The molecule has 2 atom stereocenters. The fourth-order valence-corrected chi connectivity index (χ4v) is 4.08. The first kappa shape index (κ1) is 16.9. The number of carbonyl (C=O) groups is 2. The van der Waals surface area contributed by atoms with Crippen molar-refractivity contribution in [2.45, 2.75) is 25.1 Å². The molecule has 0 saturated carbocycles. The van der Waals surface area contributed by atoms with Gasteiger partial charge in [-0.05, 0) is 53.2 Å². The van der Waals surface area contributed by atoms with Gasteiger partial charge in [-0.2, -0.15) is 0 Å². The van der Waals surface area contributed by atoms with Crippen molar-refractivity contribution in [3.05, 3.63) is 58.1 Å². The minimum absolute atomic E-state index is 0.236. The monoisotopic (exact) mass is 416 g/mol. The number of fused-ring (bicyclic) bond motifs is 4. The van der Waals surface area contributed by atoms with Gasteiger partial charge in [-0.3, -0.25) is 4.90 Å². The van der Waals surface area contributed by atoms with Crippen molar-refractivity contribution < 1.29 is 19.1 Å². The first-order chi connectivity index (χ1) is 12.4. The molecule has 1 saturated heterocycles. The van der Waals surface area contributed by atoms with Gasteiger partial charge < -0.3 is 14.8 Å². The van der Waals surface area contributed by atoms with Gasteiger partial charge in [0, 0.05) is 16.5 Å². The van der Waals surface area contributed by atoms with Gasteiger partial charge in [-0.1, -0.05) is 12.1 Å². The third-order valence-electron chi connectivity index (χ3n) is 4.79. The molecule has 0 radical (unpaired) electrons. The van der Waals surface area contributed by atoms with Crippen LogP contribution in [0.4, 0.5) is 10.5 Å². The van der Waals surface area contributed by atoms with Crippen LogP contribution >= 0.6 is 15.9 Å². The van der Waals surface area contributed by atoms with Crippen LogP contribution in [-0.4, -0.2) is 24.8 Å². The Bertz CT molecular complexity index is 916. The van der Waals surface area contributed by atoms with E-state index >= 15 is 0 Å². The Kier molecular flexibility index (Phi) is 3.91. The summed E-state index contributed by atoms with van der Waals surface area (Å²) in [5.74, 6) is 0.228. The summed E-state index contributed by atoms with van der Waals surface area (Å²) < 4.78 is 11.8. The molecule has 0 aromatic heterocycles. The van der Waals surface area contributed by atoms with Crippen molar-refractivity contribution in [1.82, 2.24) is 5.32 Å². The molecule has 134 valence electrons. The molecule has 6 nitrogen and oxygen atoms in total. The molecular formula is C19H17BrN2O4. The molecule has 0 aliphatic carbocycles. The lowest BCUT2D eigenvalue weighted by Gasteiger charge is -2.50. The van der Waals surface area contributed by atoms with Gasteiger partial charge in [0.05, 0.1) is 24.4 Å². The zero-order valence-electron chi connectivity index (χ0n) is 14.3. The second kappa shape index (κ2) is 6.02. The largest absolute Gasteiger partial charge is 0.467 e. The van der Waals surface area contributed by atoms with E-state index in [-0.39, 0.29) is 12.1 Å². The van der Waals surface area contributed by atoms with Gasteiger partial charge >= 0.3 is 12.0 Å². The number of amides is 2. The van der Waals surface area contributed by atoms with Crippen LogP contribution in [0.2, 0.25) is 0 Å². The van der Waals surface area contributed by atoms with E-state index in [4.69, 9.17) is 9.47 Å². The maximum Gasteiger partial charge on any atom is 0.337 e. The van der Waals surface area contributed by atoms with Gasteiger partial charge in [0.1, 0.15) is 5.75 Å². The zero-order valence-corrected chi connectivity index (χ0v) is 15.9. The molecule has 2 aliphatic heterocycles. The number of urea groups is 1. The maximum absolute atomic E-state index is 12.9. The first-order valence-electron chi connectivity index (χ1n) is 8.19. The minimum atomic E-state index is -0.837. The lowest BCUT2D eigenvalue weighted by Crippen LogP contribution is -2.65. The Hall–Kier alpha value is -2.54. The van der Waals surface area contributed by atoms with Gasteiger partial charge in [0.15, 0.2) is 5.72 Å². The summed E-state index contributed by atoms with van der Waals surface area (Å²) in [4.78, 5) is 26.3. The number of halogens is 1. The predicted octanol–water partition coefficient (Wildman–Crippen LogP) is 4.01. The number of esters is 1. The SMILES string of the molecule is COC(=O)c1ccc2c(c1)C1CC(C)(O2)N(c2ccccc2Br)C(=O)N1. The highest BCUT2D eigenvalue weighted by atomic mass is 79.9. The van der Waals surface area contributed by atoms with E-state index in [0.717, 1.165) is 15.7 Å². The van der Waals surface area contributed by atoms with E-state index in [9.17, 15) is 9.59 Å². The van der Waals surface area contributed by atoms with E-state index in [2.05, 4.69) is 21.2 Å². The molecule has 4 rings (SSSR count). The zero-order chi connectivity index (χ0) is 18.5. The highest BCUT2D eigenvalue weighted by Gasteiger charge is 2.50. The number of nitrogens with one attached hydrogen (secondary N) is 1. The number of anilines is 1. The molecule has 7 heteroatoms. The number of ether oxygens (including phenoxy) is 2. The summed E-state index contributed by atoms with van der Waals surface area (Å²) in [6.45, 7) is 1.90. The van der Waals surface area contributed by atoms with Crippen LogP contribution < -0.4 is 15.0 Å². The number of rotatable bonds is 2. The number of hydrogen-bond donors (Lipinski definition) is 1. The number of para-hydroxylation sites is 1. The van der Waals surface area contributed by atoms with Crippen molar-refractivity contribution in [3.8, 4) is 5.75 Å². The molecule has 1 fully saturated rings. The summed E-state index contributed by atoms with van der Waals surface area (Å²) in [5, 5.41) is 3.02. The first-order valence-corrected chi connectivity index (χ1v) is 8.99. The van der Waals surface area contributed by atoms with E-state index in [0.29, 0.717) is 17.7 Å². The number of nitrogens with zero attached hydrogens (tertiary/aromatic N) is 1. The quantitative estimate of drug-likeness (QED) is 0.751. The fraction of sp³-hybridized carbons (Fsp3) is 0.263. The standard InChI is InChI=1S/C19H17BrN2O4/c1-19-10-14(12-9-11(17(23)25-2)7-8-16(12)26-19)21-18(24)22(19)15-6-4-3-5-13(15)20/h3-9,14H,10H2,1-2H3,(H,21,24). The second-order valence-electron chi connectivity index (χ2n) is 6.51. The van der Waals surface area contributed by atoms with Crippen molar-refractivity contribution in [1.29, 1.82) is 0 Å². The maximum atomic E-state index is 12.9. The van der Waals surface area contributed by atoms with Crippen molar-refractivity contribution in [2.75, 3.05) is 12.0 Å². The van der Waals surface area contributed by atoms with Gasteiger partial charge in [-0.25, -0.2) is 9.59 Å². The topological polar surface area (TPSA) is 67.9 Å². The van der Waals surface area contributed by atoms with E-state index in [1.54, 1.807) is 23.1 Å². The van der Waals surface area contributed by atoms with E-state index in [1.807, 2.05) is 31.2 Å². The fourth-order valence-electron chi connectivity index (χ4n) is 3.62. The molecule has 2 heterocycles. The van der Waals surface area contributed by atoms with Crippen LogP contribution in [0.25, 0.3) is 0 Å². The van der Waals surface area contributed by atoms with Crippen LogP contribution in [0.3, 0.4) is 0 Å². The van der Waals surface area contributed by atoms with Crippen LogP contribution in [-0.2, 0) is 4.74 Å². The molecule has 2 aromatic carbocycles. The Morgan fingerprint density at radius 2 is 2.12 bits per heavy atom. The number of methoxy groups -OCH3 is 1. The smallest absolute Gasteiger partial charge is 0.337 e. The summed E-state index contributed by atoms with van der Waals surface area (Å²) in [7, 11) is 1.34. The molecule has 2 bridgehead atoms. The molecule has 1 N–H and O–H groups in total. The van der Waals surface area contributed by atoms with Crippen LogP contribution in [0.1, 0.15) is 35.3 Å². The third kappa shape index (κ3) is 2.54. The summed E-state index contributed by atoms with van der Waals surface area (Å²) >= 11 is 3.51. The highest BCUT2D eigenvalue weighted by molar-refractivity contribution is 9.10. The van der Waals surface area contributed by atoms with E-state index < -0.39 is 11.7 Å². The molecular weight excluding hydrogens is 400 g/mol. The highest BCUT2D eigenvalue weighted by Crippen LogP contribution is 2.46. The van der Waals surface area contributed by atoms with Gasteiger partial charge in [0.25, 0.3) is 0 Å². The number of hydrogen-bond acceptors (Lipinski definition) is 4. The number of carbonyl (C=O) groups excluding carboxylic acids is 2. The van der Waals surface area contributed by atoms with Gasteiger partial charge in [-0.15, -0.1) is 0 Å². The minimum Gasteiger partial charge on any atom is -0.467 e. The predicted molar refractivity (Wildman–Crippen MR) is 99.3 cm³/mol. The van der Waals surface area contributed by atoms with Crippen molar-refractivity contribution in [3.63, 3.8) is 0 Å². The van der Waals surface area contributed by atoms with E-state index in [1.165, 1.54) is 7.11 Å². The lowest BCUT2D eigenvalue weighted by molar-refractivity contribution is 0.0376. The Morgan fingerprint density at radius 3 is 2.85 bits per heavy atom. The molecule has 2 aromatic rings. The van der Waals surface area contributed by atoms with Gasteiger partial charge in [0.2, 0.25) is 0 Å². The average molecular weight is 417 g/mol. The Balaban J connectivity index is 1.78. The summed E-state index contributed by atoms with van der Waals surface area (Å²) in [6, 6.07) is 12.2. The van der Waals surface area contributed by atoms with Crippen LogP contribution in [0, 0.1) is 0 Å². The van der Waals surface area contributed by atoms with Crippen molar-refractivity contribution >= 4 is 33.6 Å². The Morgan fingerprint density at radius 1 is 1.35 bits per heavy atom. The molecule has 26 heavy (non-hydrogen) atoms. The van der Waals surface area contributed by atoms with Crippen molar-refractivity contribution in [2.24, 2.45) is 0 Å². The molecule has 2 amide bonds. The lowest BCUT2D eigenvalue weighted by atomic mass is 9.89. The average Bonchev–Trinajstić information content (AvgIpc) is 2.61. The second-order valence-corrected chi connectivity index (χ2v) is 7.37. The summed E-state index contributed by atoms with van der Waals surface area (Å²) in [6.07, 6.45) is 0.553. The molecule has 2 unspecified atom stereocenters. The normalized spacial score (nSPS) is 23.6. The summed E-state index contributed by atoms with van der Waals surface area (Å²) in [5.41, 5.74) is 1.11. The molecule has 0 spiro atoms. The third-order valence-corrected chi connectivity index (χ3v) is 5.46. The Labute approximate surface area is 159 Å². The van der Waals surface area contributed by atoms with Crippen LogP contribution in [0.15, 0.2) is 46.9 Å². The molecule has 2 aliphatic rings. The number of benzene rings is 2.